The number of hydrogen-bond acceptors (Lipinski definition) is 3. The standard InChI is InChI=1S/C18H15NO3/c1-18(2)6-5-12-16-14(7-10(9-20)17(12)22-18)13-8-11(21)3-4-15(13)19-16/h3-9,19,21H,1-2H3. The van der Waals surface area contributed by atoms with Gasteiger partial charge in [0.05, 0.1) is 11.1 Å². The van der Waals surface area contributed by atoms with E-state index < -0.39 is 5.60 Å². The van der Waals surface area contributed by atoms with E-state index in [1.54, 1.807) is 12.1 Å². The molecule has 0 saturated carbocycles. The monoisotopic (exact) mass is 293 g/mol. The zero-order chi connectivity index (χ0) is 15.5. The summed E-state index contributed by atoms with van der Waals surface area (Å²) in [5.74, 6) is 0.803. The summed E-state index contributed by atoms with van der Waals surface area (Å²) in [5, 5.41) is 11.5. The van der Waals surface area contributed by atoms with Crippen molar-refractivity contribution < 1.29 is 14.6 Å². The summed E-state index contributed by atoms with van der Waals surface area (Å²) in [6.45, 7) is 3.91. The molecule has 3 aromatic rings. The van der Waals surface area contributed by atoms with Crippen LogP contribution in [-0.4, -0.2) is 22.0 Å². The summed E-state index contributed by atoms with van der Waals surface area (Å²) < 4.78 is 5.98. The summed E-state index contributed by atoms with van der Waals surface area (Å²) in [5.41, 5.74) is 2.77. The summed E-state index contributed by atoms with van der Waals surface area (Å²) in [4.78, 5) is 14.8. The van der Waals surface area contributed by atoms with E-state index in [9.17, 15) is 9.90 Å². The zero-order valence-corrected chi connectivity index (χ0v) is 12.3. The fraction of sp³-hybridized carbons (Fsp3) is 0.167. The molecular formula is C18H15NO3. The van der Waals surface area contributed by atoms with Crippen LogP contribution in [0.3, 0.4) is 0 Å². The number of fused-ring (bicyclic) bond motifs is 5. The number of hydrogen-bond donors (Lipinski definition) is 2. The van der Waals surface area contributed by atoms with E-state index in [-0.39, 0.29) is 5.75 Å². The van der Waals surface area contributed by atoms with Crippen LogP contribution in [0.4, 0.5) is 0 Å². The van der Waals surface area contributed by atoms with Gasteiger partial charge in [0.15, 0.2) is 6.29 Å². The normalized spacial score (nSPS) is 15.7. The lowest BCUT2D eigenvalue weighted by atomic mass is 9.97. The first-order valence-electron chi connectivity index (χ1n) is 7.13. The molecule has 4 nitrogen and oxygen atoms in total. The molecule has 2 aromatic carbocycles. The van der Waals surface area contributed by atoms with Crippen molar-refractivity contribution in [2.75, 3.05) is 0 Å². The van der Waals surface area contributed by atoms with Crippen LogP contribution in [-0.2, 0) is 0 Å². The summed E-state index contributed by atoms with van der Waals surface area (Å²) in [6.07, 6.45) is 4.78. The van der Waals surface area contributed by atoms with Crippen molar-refractivity contribution in [2.45, 2.75) is 19.4 Å². The largest absolute Gasteiger partial charge is 0.508 e. The Kier molecular flexibility index (Phi) is 2.43. The van der Waals surface area contributed by atoms with Crippen LogP contribution in [0.1, 0.15) is 29.8 Å². The van der Waals surface area contributed by atoms with Gasteiger partial charge in [-0.25, -0.2) is 0 Å². The molecule has 22 heavy (non-hydrogen) atoms. The van der Waals surface area contributed by atoms with E-state index in [4.69, 9.17) is 4.74 Å². The lowest BCUT2D eigenvalue weighted by Crippen LogP contribution is -2.28. The van der Waals surface area contributed by atoms with Gasteiger partial charge in [-0.05, 0) is 50.3 Å². The predicted molar refractivity (Wildman–Crippen MR) is 86.6 cm³/mol. The topological polar surface area (TPSA) is 62.3 Å². The molecule has 0 fully saturated rings. The van der Waals surface area contributed by atoms with Crippen molar-refractivity contribution in [3.8, 4) is 11.5 Å². The number of rotatable bonds is 1. The highest BCUT2D eigenvalue weighted by atomic mass is 16.5. The fourth-order valence-corrected chi connectivity index (χ4v) is 2.99. The number of benzene rings is 2. The number of phenolic OH excluding ortho intramolecular Hbond substituents is 1. The highest BCUT2D eigenvalue weighted by Gasteiger charge is 2.26. The Labute approximate surface area is 127 Å². The molecule has 0 bridgehead atoms. The van der Waals surface area contributed by atoms with Crippen molar-refractivity contribution in [1.82, 2.24) is 4.98 Å². The van der Waals surface area contributed by atoms with Gasteiger partial charge in [0.2, 0.25) is 0 Å². The van der Waals surface area contributed by atoms with Gasteiger partial charge in [-0.15, -0.1) is 0 Å². The van der Waals surface area contributed by atoms with Crippen LogP contribution < -0.4 is 4.74 Å². The van der Waals surface area contributed by atoms with E-state index in [1.807, 2.05) is 38.1 Å². The summed E-state index contributed by atoms with van der Waals surface area (Å²) in [6, 6.07) is 6.98. The Morgan fingerprint density at radius 1 is 1.23 bits per heavy atom. The van der Waals surface area contributed by atoms with E-state index in [1.165, 1.54) is 0 Å². The molecule has 1 aromatic heterocycles. The maximum atomic E-state index is 11.5. The molecule has 1 aliphatic heterocycles. The highest BCUT2D eigenvalue weighted by molar-refractivity contribution is 6.13. The zero-order valence-electron chi connectivity index (χ0n) is 12.3. The molecule has 0 aliphatic carbocycles. The number of phenols is 1. The first kappa shape index (κ1) is 13.0. The average molecular weight is 293 g/mol. The van der Waals surface area contributed by atoms with Crippen molar-refractivity contribution in [3.63, 3.8) is 0 Å². The molecule has 0 amide bonds. The molecule has 0 atom stereocenters. The Morgan fingerprint density at radius 3 is 2.82 bits per heavy atom. The van der Waals surface area contributed by atoms with Crippen LogP contribution in [0.2, 0.25) is 0 Å². The second-order valence-corrected chi connectivity index (χ2v) is 6.14. The van der Waals surface area contributed by atoms with Crippen LogP contribution in [0.25, 0.3) is 27.9 Å². The van der Waals surface area contributed by atoms with Crippen molar-refractivity contribution in [1.29, 1.82) is 0 Å². The van der Waals surface area contributed by atoms with Gasteiger partial charge in [0.25, 0.3) is 0 Å². The summed E-state index contributed by atoms with van der Waals surface area (Å²) >= 11 is 0. The van der Waals surface area contributed by atoms with Crippen LogP contribution >= 0.6 is 0 Å². The lowest BCUT2D eigenvalue weighted by molar-refractivity contribution is 0.110. The molecule has 2 N–H and O–H groups in total. The SMILES string of the molecule is CC1(C)C=Cc2c(c(C=O)cc3c2[nH]c2ccc(O)cc23)O1. The fourth-order valence-electron chi connectivity index (χ4n) is 2.99. The number of nitrogens with one attached hydrogen (secondary N) is 1. The Balaban J connectivity index is 2.15. The number of aromatic hydroxyl groups is 1. The van der Waals surface area contributed by atoms with Crippen LogP contribution in [0.5, 0.6) is 11.5 Å². The average Bonchev–Trinajstić information content (AvgIpc) is 2.83. The molecule has 1 aliphatic rings. The molecule has 2 heterocycles. The first-order chi connectivity index (χ1) is 10.5. The molecule has 0 spiro atoms. The third-order valence-electron chi connectivity index (χ3n) is 4.04. The van der Waals surface area contributed by atoms with Gasteiger partial charge < -0.3 is 14.8 Å². The number of ether oxygens (including phenoxy) is 1. The van der Waals surface area contributed by atoms with E-state index >= 15 is 0 Å². The maximum Gasteiger partial charge on any atom is 0.153 e. The minimum atomic E-state index is -0.442. The second-order valence-electron chi connectivity index (χ2n) is 6.14. The first-order valence-corrected chi connectivity index (χ1v) is 7.13. The molecule has 110 valence electrons. The van der Waals surface area contributed by atoms with Gasteiger partial charge in [0, 0.05) is 21.9 Å². The number of H-pyrrole nitrogens is 1. The lowest BCUT2D eigenvalue weighted by Gasteiger charge is -2.29. The minimum Gasteiger partial charge on any atom is -0.508 e. The Morgan fingerprint density at radius 2 is 2.05 bits per heavy atom. The molecule has 4 heteroatoms. The van der Waals surface area contributed by atoms with Crippen molar-refractivity contribution in [3.05, 3.63) is 41.5 Å². The number of aromatic amines is 1. The highest BCUT2D eigenvalue weighted by Crippen LogP contribution is 2.41. The third-order valence-corrected chi connectivity index (χ3v) is 4.04. The summed E-state index contributed by atoms with van der Waals surface area (Å²) in [7, 11) is 0. The minimum absolute atomic E-state index is 0.201. The Hall–Kier alpha value is -2.75. The van der Waals surface area contributed by atoms with Gasteiger partial charge in [-0.2, -0.15) is 0 Å². The number of aldehydes is 1. The Bertz CT molecular complexity index is 964. The maximum absolute atomic E-state index is 11.5. The number of aromatic nitrogens is 1. The van der Waals surface area contributed by atoms with E-state index in [0.717, 1.165) is 33.7 Å². The van der Waals surface area contributed by atoms with Gasteiger partial charge in [-0.3, -0.25) is 4.79 Å². The van der Waals surface area contributed by atoms with Gasteiger partial charge in [0.1, 0.15) is 17.1 Å². The van der Waals surface area contributed by atoms with Crippen molar-refractivity contribution in [2.24, 2.45) is 0 Å². The van der Waals surface area contributed by atoms with Crippen molar-refractivity contribution >= 4 is 34.2 Å². The third kappa shape index (κ3) is 1.73. The molecular weight excluding hydrogens is 278 g/mol. The predicted octanol–water partition coefficient (Wildman–Crippen LogP) is 4.02. The molecule has 0 saturated heterocycles. The van der Waals surface area contributed by atoms with Crippen LogP contribution in [0, 0.1) is 0 Å². The number of carbonyl (C=O) groups excluding carboxylic acids is 1. The van der Waals surface area contributed by atoms with Crippen LogP contribution in [0.15, 0.2) is 30.3 Å². The molecule has 0 unspecified atom stereocenters. The number of carbonyl (C=O) groups is 1. The van der Waals surface area contributed by atoms with Gasteiger partial charge >= 0.3 is 0 Å². The quantitative estimate of drug-likeness (QED) is 0.666. The smallest absolute Gasteiger partial charge is 0.153 e. The van der Waals surface area contributed by atoms with E-state index in [0.29, 0.717) is 11.3 Å². The van der Waals surface area contributed by atoms with Gasteiger partial charge in [-0.1, -0.05) is 0 Å². The molecule has 0 radical (unpaired) electrons. The molecule has 4 rings (SSSR count). The van der Waals surface area contributed by atoms with E-state index in [2.05, 4.69) is 4.98 Å². The second kappa shape index (κ2) is 4.13.